The van der Waals surface area contributed by atoms with Crippen LogP contribution in [0.5, 0.6) is 5.75 Å². The van der Waals surface area contributed by atoms with Gasteiger partial charge in [-0.25, -0.2) is 0 Å². The molecule has 0 fully saturated rings. The first-order valence-corrected chi connectivity index (χ1v) is 14.4. The molecule has 0 bridgehead atoms. The lowest BCUT2D eigenvalue weighted by Gasteiger charge is -2.27. The molecule has 8 heteroatoms. The van der Waals surface area contributed by atoms with Crippen LogP contribution in [0.25, 0.3) is 0 Å². The van der Waals surface area contributed by atoms with Gasteiger partial charge in [-0.15, -0.1) is 0 Å². The summed E-state index contributed by atoms with van der Waals surface area (Å²) in [6.45, 7) is 3.75. The molecule has 0 saturated heterocycles. The predicted octanol–water partition coefficient (Wildman–Crippen LogP) is 4.24. The van der Waals surface area contributed by atoms with Gasteiger partial charge in [-0.1, -0.05) is 69.7 Å². The van der Waals surface area contributed by atoms with Crippen LogP contribution in [0.2, 0.25) is 0 Å². The van der Waals surface area contributed by atoms with Gasteiger partial charge in [0.2, 0.25) is 0 Å². The fraction of sp³-hybridized carbons (Fsp3) is 0.645. The third-order valence-electron chi connectivity index (χ3n) is 6.72. The van der Waals surface area contributed by atoms with Gasteiger partial charge in [0.25, 0.3) is 0 Å². The zero-order valence-corrected chi connectivity index (χ0v) is 23.8. The monoisotopic (exact) mass is 549 g/mol. The Bertz CT molecular complexity index is 868. The molecule has 1 aromatic rings. The minimum atomic E-state index is -0.978. The molecular weight excluding hydrogens is 498 g/mol. The van der Waals surface area contributed by atoms with Gasteiger partial charge in [0.1, 0.15) is 5.75 Å². The number of phenolic OH excluding ortho intramolecular Hbond substituents is 1. The minimum absolute atomic E-state index is 0.150. The van der Waals surface area contributed by atoms with E-state index < -0.39 is 30.9 Å². The lowest BCUT2D eigenvalue weighted by molar-refractivity contribution is -0.137. The summed E-state index contributed by atoms with van der Waals surface area (Å²) in [5.41, 5.74) is 2.62. The van der Waals surface area contributed by atoms with E-state index in [1.807, 2.05) is 12.1 Å². The quantitative estimate of drug-likeness (QED) is 0.0838. The number of rotatable bonds is 22. The number of carbonyl (C=O) groups is 1. The first kappa shape index (κ1) is 34.8. The van der Waals surface area contributed by atoms with Crippen molar-refractivity contribution in [1.29, 1.82) is 0 Å². The minimum Gasteiger partial charge on any atom is -0.508 e. The van der Waals surface area contributed by atoms with E-state index in [2.05, 4.69) is 12.2 Å². The van der Waals surface area contributed by atoms with Gasteiger partial charge in [-0.2, -0.15) is 0 Å². The highest BCUT2D eigenvalue weighted by atomic mass is 16.4. The molecule has 0 aliphatic carbocycles. The van der Waals surface area contributed by atoms with Crippen molar-refractivity contribution in [1.82, 2.24) is 5.32 Å². The maximum Gasteiger partial charge on any atom is 0.303 e. The molecule has 0 aliphatic rings. The third kappa shape index (κ3) is 16.5. The number of aliphatic hydroxyl groups excluding tert-OH is 4. The Hall–Kier alpha value is -2.23. The zero-order chi connectivity index (χ0) is 29.0. The highest BCUT2D eigenvalue weighted by Crippen LogP contribution is 2.26. The van der Waals surface area contributed by atoms with Crippen molar-refractivity contribution in [2.24, 2.45) is 0 Å². The molecule has 8 nitrogen and oxygen atoms in total. The van der Waals surface area contributed by atoms with Gasteiger partial charge in [0, 0.05) is 19.0 Å². The molecule has 0 aliphatic heterocycles. The number of nitrogens with one attached hydrogen (secondary N) is 1. The van der Waals surface area contributed by atoms with Crippen LogP contribution in [0.1, 0.15) is 90.0 Å². The Morgan fingerprint density at radius 2 is 1.74 bits per heavy atom. The van der Waals surface area contributed by atoms with E-state index >= 15 is 0 Å². The predicted molar refractivity (Wildman–Crippen MR) is 155 cm³/mol. The largest absolute Gasteiger partial charge is 0.508 e. The Labute approximate surface area is 234 Å². The fourth-order valence-electron chi connectivity index (χ4n) is 4.60. The number of aromatic hydroxyl groups is 1. The van der Waals surface area contributed by atoms with E-state index in [0.717, 1.165) is 55.2 Å². The first-order valence-electron chi connectivity index (χ1n) is 14.4. The lowest BCUT2D eigenvalue weighted by atomic mass is 9.88. The van der Waals surface area contributed by atoms with Gasteiger partial charge in [-0.05, 0) is 67.9 Å². The number of carboxylic acids is 1. The second-order valence-electron chi connectivity index (χ2n) is 10.5. The Morgan fingerprint density at radius 3 is 2.38 bits per heavy atom. The molecule has 0 aromatic heterocycles. The summed E-state index contributed by atoms with van der Waals surface area (Å²) in [5.74, 6) is -0.646. The summed E-state index contributed by atoms with van der Waals surface area (Å²) >= 11 is 0. The highest BCUT2D eigenvalue weighted by Gasteiger charge is 2.21. The molecule has 0 radical (unpaired) electrons. The van der Waals surface area contributed by atoms with Crippen LogP contribution in [-0.2, 0) is 11.2 Å². The standard InChI is InChI=1S/C31H51NO7/c1-3-4-7-12-26(35)17-16-25(18-24-11-10-13-27(36)19-24)29(20-28(37)22-33)30(32-21-23(2)34)14-8-5-6-9-15-31(38)39/h10-11,13,16-17,19,23,26,28,30,32-37H,3-9,12,14-15,18,20-22H2,1-2H3,(H,38,39). The van der Waals surface area contributed by atoms with Crippen LogP contribution >= 0.6 is 0 Å². The van der Waals surface area contributed by atoms with Crippen LogP contribution in [0.15, 0.2) is 47.6 Å². The molecule has 0 heterocycles. The lowest BCUT2D eigenvalue weighted by Crippen LogP contribution is -2.38. The molecule has 4 unspecified atom stereocenters. The molecule has 1 aromatic carbocycles. The van der Waals surface area contributed by atoms with Crippen molar-refractivity contribution >= 4 is 5.97 Å². The summed E-state index contributed by atoms with van der Waals surface area (Å²) in [7, 11) is 0. The van der Waals surface area contributed by atoms with Gasteiger partial charge in [0.15, 0.2) is 0 Å². The van der Waals surface area contributed by atoms with Crippen LogP contribution in [0.4, 0.5) is 0 Å². The highest BCUT2D eigenvalue weighted by molar-refractivity contribution is 5.66. The number of benzene rings is 1. The zero-order valence-electron chi connectivity index (χ0n) is 23.8. The number of aliphatic hydroxyl groups is 4. The number of unbranched alkanes of at least 4 members (excludes halogenated alkanes) is 5. The van der Waals surface area contributed by atoms with Gasteiger partial charge in [0.05, 0.1) is 24.9 Å². The Morgan fingerprint density at radius 1 is 1.03 bits per heavy atom. The normalized spacial score (nSPS) is 15.6. The molecule has 7 N–H and O–H groups in total. The van der Waals surface area contributed by atoms with E-state index in [1.165, 1.54) is 0 Å². The summed E-state index contributed by atoms with van der Waals surface area (Å²) in [6, 6.07) is 6.76. The van der Waals surface area contributed by atoms with Crippen LogP contribution < -0.4 is 5.32 Å². The average Bonchev–Trinajstić information content (AvgIpc) is 2.89. The second kappa shape index (κ2) is 20.6. The first-order chi connectivity index (χ1) is 18.7. The molecule has 0 spiro atoms. The number of phenols is 1. The smallest absolute Gasteiger partial charge is 0.303 e. The molecule has 39 heavy (non-hydrogen) atoms. The average molecular weight is 550 g/mol. The second-order valence-corrected chi connectivity index (χ2v) is 10.5. The summed E-state index contributed by atoms with van der Waals surface area (Å²) < 4.78 is 0. The number of hydrogen-bond donors (Lipinski definition) is 7. The van der Waals surface area contributed by atoms with Crippen molar-refractivity contribution < 1.29 is 35.4 Å². The number of carboxylic acid groups (broad SMARTS) is 1. The molecule has 1 rings (SSSR count). The topological polar surface area (TPSA) is 150 Å². The number of aliphatic carboxylic acids is 1. The van der Waals surface area contributed by atoms with Gasteiger partial charge in [-0.3, -0.25) is 4.79 Å². The van der Waals surface area contributed by atoms with Crippen molar-refractivity contribution in [3.8, 4) is 5.75 Å². The SMILES string of the molecule is CCCCCC(O)C=CC(Cc1cccc(O)c1)=C(CC(O)CO)C(CCCCCCC(=O)O)NCC(C)O. The third-order valence-corrected chi connectivity index (χ3v) is 6.72. The fourth-order valence-corrected chi connectivity index (χ4v) is 4.60. The molecule has 0 saturated carbocycles. The van der Waals surface area contributed by atoms with Crippen LogP contribution in [-0.4, -0.2) is 74.1 Å². The molecule has 0 amide bonds. The maximum atomic E-state index is 10.8. The van der Waals surface area contributed by atoms with Gasteiger partial charge >= 0.3 is 5.97 Å². The van der Waals surface area contributed by atoms with E-state index in [-0.39, 0.29) is 24.6 Å². The maximum absolute atomic E-state index is 10.8. The van der Waals surface area contributed by atoms with Crippen LogP contribution in [0, 0.1) is 0 Å². The Balaban J connectivity index is 3.36. The molecule has 222 valence electrons. The van der Waals surface area contributed by atoms with Crippen molar-refractivity contribution in [3.05, 3.63) is 53.1 Å². The van der Waals surface area contributed by atoms with E-state index in [9.17, 15) is 30.3 Å². The summed E-state index contributed by atoms with van der Waals surface area (Å²) in [5, 5.41) is 63.1. The Kier molecular flexibility index (Phi) is 18.4. The van der Waals surface area contributed by atoms with E-state index in [4.69, 9.17) is 5.11 Å². The molecule has 4 atom stereocenters. The molecular formula is C31H51NO7. The van der Waals surface area contributed by atoms with Crippen LogP contribution in [0.3, 0.4) is 0 Å². The summed E-state index contributed by atoms with van der Waals surface area (Å²) in [4.78, 5) is 10.8. The van der Waals surface area contributed by atoms with Crippen molar-refractivity contribution in [2.75, 3.05) is 13.2 Å². The summed E-state index contributed by atoms with van der Waals surface area (Å²) in [6.07, 6.45) is 9.76. The number of hydrogen-bond acceptors (Lipinski definition) is 7. The van der Waals surface area contributed by atoms with Crippen molar-refractivity contribution in [2.45, 2.75) is 115 Å². The number of allylic oxidation sites excluding steroid dienone is 2. The van der Waals surface area contributed by atoms with Gasteiger partial charge < -0.3 is 36.0 Å². The van der Waals surface area contributed by atoms with Crippen molar-refractivity contribution in [3.63, 3.8) is 0 Å². The van der Waals surface area contributed by atoms with E-state index in [0.29, 0.717) is 32.2 Å². The van der Waals surface area contributed by atoms with E-state index in [1.54, 1.807) is 31.2 Å².